The highest BCUT2D eigenvalue weighted by Crippen LogP contribution is 2.25. The molecule has 0 unspecified atom stereocenters. The zero-order chi connectivity index (χ0) is 14.7. The van der Waals surface area contributed by atoms with E-state index in [0.717, 1.165) is 12.0 Å². The number of ether oxygens (including phenoxy) is 1. The first-order chi connectivity index (χ1) is 9.49. The Labute approximate surface area is 121 Å². The molecule has 0 fully saturated rings. The maximum Gasteiger partial charge on any atom is 0.354 e. The summed E-state index contributed by atoms with van der Waals surface area (Å²) in [5, 5.41) is 9.62. The summed E-state index contributed by atoms with van der Waals surface area (Å²) in [6.45, 7) is 3.66. The van der Waals surface area contributed by atoms with Crippen LogP contribution >= 0.6 is 11.6 Å². The molecule has 0 saturated heterocycles. The van der Waals surface area contributed by atoms with Gasteiger partial charge in [0.2, 0.25) is 0 Å². The maximum atomic E-state index is 10.9. The summed E-state index contributed by atoms with van der Waals surface area (Å²) in [5.74, 6) is -0.598. The normalized spacial score (nSPS) is 10.3. The number of benzene rings is 1. The van der Waals surface area contributed by atoms with Gasteiger partial charge in [-0.05, 0) is 43.2 Å². The Morgan fingerprint density at radius 1 is 1.35 bits per heavy atom. The van der Waals surface area contributed by atoms with E-state index in [4.69, 9.17) is 21.4 Å². The second-order valence-electron chi connectivity index (χ2n) is 4.19. The highest BCUT2D eigenvalue weighted by Gasteiger charge is 2.11. The highest BCUT2D eigenvalue weighted by atomic mass is 35.5. The molecule has 0 aliphatic heterocycles. The minimum atomic E-state index is -1.12. The number of aryl methyl sites for hydroxylation is 2. The van der Waals surface area contributed by atoms with Crippen molar-refractivity contribution in [1.29, 1.82) is 0 Å². The van der Waals surface area contributed by atoms with Gasteiger partial charge in [0.15, 0.2) is 5.69 Å². The predicted molar refractivity (Wildman–Crippen MR) is 74.6 cm³/mol. The Bertz CT molecular complexity index is 659. The standard InChI is InChI=1S/C14H13ClN2O3/c1-3-9-7-10(4-5-11(9)15)20-14-16-8(2)6-12(17-14)13(18)19/h4-7H,3H2,1-2H3,(H,18,19). The van der Waals surface area contributed by atoms with Crippen molar-refractivity contribution in [3.05, 3.63) is 46.2 Å². The zero-order valence-electron chi connectivity index (χ0n) is 11.1. The van der Waals surface area contributed by atoms with Crippen LogP contribution in [0.1, 0.15) is 28.7 Å². The number of carboxylic acid groups (broad SMARTS) is 1. The SMILES string of the molecule is CCc1cc(Oc2nc(C)cc(C(=O)O)n2)ccc1Cl. The number of hydrogen-bond donors (Lipinski definition) is 1. The number of hydrogen-bond acceptors (Lipinski definition) is 4. The minimum absolute atomic E-state index is 0.00627. The Morgan fingerprint density at radius 2 is 2.10 bits per heavy atom. The average Bonchev–Trinajstić information content (AvgIpc) is 2.40. The van der Waals surface area contributed by atoms with Crippen LogP contribution in [0.4, 0.5) is 0 Å². The van der Waals surface area contributed by atoms with E-state index in [1.54, 1.807) is 25.1 Å². The molecule has 0 saturated carbocycles. The molecule has 5 nitrogen and oxygen atoms in total. The van der Waals surface area contributed by atoms with Crippen molar-refractivity contribution in [2.24, 2.45) is 0 Å². The van der Waals surface area contributed by atoms with Crippen molar-refractivity contribution in [2.75, 3.05) is 0 Å². The number of aromatic nitrogens is 2. The van der Waals surface area contributed by atoms with Gasteiger partial charge in [0.1, 0.15) is 5.75 Å². The van der Waals surface area contributed by atoms with E-state index in [2.05, 4.69) is 9.97 Å². The van der Waals surface area contributed by atoms with Crippen LogP contribution in [0.5, 0.6) is 11.8 Å². The van der Waals surface area contributed by atoms with Gasteiger partial charge in [0.05, 0.1) is 0 Å². The Hall–Kier alpha value is -2.14. The molecule has 1 aromatic heterocycles. The van der Waals surface area contributed by atoms with Gasteiger partial charge in [-0.3, -0.25) is 0 Å². The highest BCUT2D eigenvalue weighted by molar-refractivity contribution is 6.31. The van der Waals surface area contributed by atoms with Crippen molar-refractivity contribution in [2.45, 2.75) is 20.3 Å². The van der Waals surface area contributed by atoms with Crippen LogP contribution < -0.4 is 4.74 Å². The number of carboxylic acids is 1. The summed E-state index contributed by atoms with van der Waals surface area (Å²) in [5.41, 5.74) is 1.37. The van der Waals surface area contributed by atoms with Crippen molar-refractivity contribution in [3.63, 3.8) is 0 Å². The average molecular weight is 293 g/mol. The van der Waals surface area contributed by atoms with Crippen molar-refractivity contribution in [3.8, 4) is 11.8 Å². The molecule has 0 spiro atoms. The molecule has 2 rings (SSSR count). The van der Waals surface area contributed by atoms with Crippen LogP contribution in [0, 0.1) is 6.92 Å². The molecule has 1 heterocycles. The predicted octanol–water partition coefficient (Wildman–Crippen LogP) is 3.49. The molecular weight excluding hydrogens is 280 g/mol. The van der Waals surface area contributed by atoms with E-state index in [0.29, 0.717) is 16.5 Å². The Morgan fingerprint density at radius 3 is 2.75 bits per heavy atom. The number of rotatable bonds is 4. The van der Waals surface area contributed by atoms with Crippen LogP contribution in [-0.4, -0.2) is 21.0 Å². The van der Waals surface area contributed by atoms with Crippen molar-refractivity contribution < 1.29 is 14.6 Å². The van der Waals surface area contributed by atoms with Gasteiger partial charge in [0.25, 0.3) is 0 Å². The lowest BCUT2D eigenvalue weighted by molar-refractivity contribution is 0.0689. The van der Waals surface area contributed by atoms with E-state index >= 15 is 0 Å². The second-order valence-corrected chi connectivity index (χ2v) is 4.60. The largest absolute Gasteiger partial charge is 0.477 e. The molecule has 0 atom stereocenters. The van der Waals surface area contributed by atoms with E-state index in [-0.39, 0.29) is 11.7 Å². The van der Waals surface area contributed by atoms with Crippen LogP contribution in [0.3, 0.4) is 0 Å². The van der Waals surface area contributed by atoms with Crippen molar-refractivity contribution >= 4 is 17.6 Å². The number of aromatic carboxylic acids is 1. The molecule has 6 heteroatoms. The fourth-order valence-electron chi connectivity index (χ4n) is 1.69. The lowest BCUT2D eigenvalue weighted by Crippen LogP contribution is -2.04. The molecule has 2 aromatic rings. The monoisotopic (exact) mass is 292 g/mol. The molecule has 0 bridgehead atoms. The summed E-state index contributed by atoms with van der Waals surface area (Å²) < 4.78 is 5.50. The lowest BCUT2D eigenvalue weighted by Gasteiger charge is -2.08. The third-order valence-electron chi connectivity index (χ3n) is 2.66. The molecule has 0 amide bonds. The van der Waals surface area contributed by atoms with E-state index in [9.17, 15) is 4.79 Å². The van der Waals surface area contributed by atoms with E-state index in [1.807, 2.05) is 6.92 Å². The molecule has 0 aliphatic rings. The van der Waals surface area contributed by atoms with Gasteiger partial charge < -0.3 is 9.84 Å². The number of halogens is 1. The smallest absolute Gasteiger partial charge is 0.354 e. The fourth-order valence-corrected chi connectivity index (χ4v) is 1.94. The Balaban J connectivity index is 2.32. The molecule has 0 aliphatic carbocycles. The summed E-state index contributed by atoms with van der Waals surface area (Å²) >= 11 is 6.03. The number of carbonyl (C=O) groups is 1. The number of nitrogens with zero attached hydrogens (tertiary/aromatic N) is 2. The molecular formula is C14H13ClN2O3. The topological polar surface area (TPSA) is 72.3 Å². The molecule has 0 radical (unpaired) electrons. The molecule has 1 aromatic carbocycles. The van der Waals surface area contributed by atoms with Crippen LogP contribution in [0.25, 0.3) is 0 Å². The van der Waals surface area contributed by atoms with Gasteiger partial charge in [-0.2, -0.15) is 4.98 Å². The summed E-state index contributed by atoms with van der Waals surface area (Å²) in [6.07, 6.45) is 0.769. The van der Waals surface area contributed by atoms with Gasteiger partial charge in [0, 0.05) is 10.7 Å². The van der Waals surface area contributed by atoms with Gasteiger partial charge in [-0.15, -0.1) is 0 Å². The maximum absolute atomic E-state index is 10.9. The molecule has 1 N–H and O–H groups in total. The first kappa shape index (κ1) is 14.3. The summed E-state index contributed by atoms with van der Waals surface area (Å²) in [6, 6.07) is 6.59. The Kier molecular flexibility index (Phi) is 4.20. The first-order valence-electron chi connectivity index (χ1n) is 6.05. The summed E-state index contributed by atoms with van der Waals surface area (Å²) in [7, 11) is 0. The third kappa shape index (κ3) is 3.24. The quantitative estimate of drug-likeness (QED) is 0.934. The van der Waals surface area contributed by atoms with Crippen LogP contribution in [0.15, 0.2) is 24.3 Å². The van der Waals surface area contributed by atoms with Crippen LogP contribution in [0.2, 0.25) is 5.02 Å². The first-order valence-corrected chi connectivity index (χ1v) is 6.42. The van der Waals surface area contributed by atoms with Gasteiger partial charge >= 0.3 is 12.0 Å². The fraction of sp³-hybridized carbons (Fsp3) is 0.214. The zero-order valence-corrected chi connectivity index (χ0v) is 11.8. The van der Waals surface area contributed by atoms with Gasteiger partial charge in [-0.25, -0.2) is 9.78 Å². The minimum Gasteiger partial charge on any atom is -0.477 e. The third-order valence-corrected chi connectivity index (χ3v) is 3.03. The summed E-state index contributed by atoms with van der Waals surface area (Å²) in [4.78, 5) is 18.8. The van der Waals surface area contributed by atoms with E-state index < -0.39 is 5.97 Å². The van der Waals surface area contributed by atoms with E-state index in [1.165, 1.54) is 6.07 Å². The second kappa shape index (κ2) is 5.88. The van der Waals surface area contributed by atoms with Crippen LogP contribution in [-0.2, 0) is 6.42 Å². The lowest BCUT2D eigenvalue weighted by atomic mass is 10.1. The van der Waals surface area contributed by atoms with Crippen molar-refractivity contribution in [1.82, 2.24) is 9.97 Å². The van der Waals surface area contributed by atoms with Gasteiger partial charge in [-0.1, -0.05) is 18.5 Å². The molecule has 20 heavy (non-hydrogen) atoms. The molecule has 104 valence electrons.